The maximum absolute atomic E-state index is 6.94. The van der Waals surface area contributed by atoms with Crippen LogP contribution in [-0.2, 0) is 0 Å². The normalized spacial score (nSPS) is 11.7. The molecule has 0 radical (unpaired) electrons. The van der Waals surface area contributed by atoms with Crippen LogP contribution in [0.2, 0.25) is 0 Å². The summed E-state index contributed by atoms with van der Waals surface area (Å²) in [4.78, 5) is 2.41. The van der Waals surface area contributed by atoms with E-state index in [1.54, 1.807) is 0 Å². The van der Waals surface area contributed by atoms with Crippen molar-refractivity contribution in [2.24, 2.45) is 0 Å². The molecule has 0 unspecified atom stereocenters. The summed E-state index contributed by atoms with van der Waals surface area (Å²) in [6.07, 6.45) is 0. The highest BCUT2D eigenvalue weighted by Crippen LogP contribution is 2.47. The van der Waals surface area contributed by atoms with Crippen LogP contribution in [-0.4, -0.2) is 4.57 Å². The molecule has 0 fully saturated rings. The summed E-state index contributed by atoms with van der Waals surface area (Å²) < 4.78 is 11.8. The maximum atomic E-state index is 6.94. The molecular weight excluding hydrogens is 677 g/mol. The van der Waals surface area contributed by atoms with Crippen molar-refractivity contribution in [3.63, 3.8) is 0 Å². The summed E-state index contributed by atoms with van der Waals surface area (Å²) in [5.74, 6) is 0. The Morgan fingerprint density at radius 2 is 1.09 bits per heavy atom. The maximum Gasteiger partial charge on any atom is 0.161 e. The third kappa shape index (κ3) is 4.81. The number of rotatable bonds is 6. The number of fused-ring (bicyclic) bond motifs is 8. The third-order valence-electron chi connectivity index (χ3n) is 10.6. The fraction of sp³-hybridized carbons (Fsp3) is 0. The number of benzene rings is 8. The Labute approximate surface area is 316 Å². The number of para-hydroxylation sites is 3. The zero-order valence-electron chi connectivity index (χ0n) is 29.2. The summed E-state index contributed by atoms with van der Waals surface area (Å²) in [7, 11) is 0. The number of hydrogen-bond acceptors (Lipinski definition) is 3. The SMILES string of the molecule is c1ccc(-c2ccc(N(c3cccc(-c4cccc5c4oc4c6ccccc6n(-c6ccccc6)c54)c3)c3cccc4c3sc3ccccc34)cc2)cc1. The van der Waals surface area contributed by atoms with E-state index in [4.69, 9.17) is 4.42 Å². The fourth-order valence-corrected chi connectivity index (χ4v) is 9.35. The van der Waals surface area contributed by atoms with Gasteiger partial charge in [-0.1, -0.05) is 127 Å². The minimum absolute atomic E-state index is 0.889. The lowest BCUT2D eigenvalue weighted by molar-refractivity contribution is 0.674. The first-order valence-electron chi connectivity index (χ1n) is 18.3. The average molecular weight is 709 g/mol. The monoisotopic (exact) mass is 708 g/mol. The van der Waals surface area contributed by atoms with Crippen molar-refractivity contribution in [1.82, 2.24) is 4.57 Å². The Hall–Kier alpha value is -6.88. The minimum Gasteiger partial charge on any atom is -0.453 e. The summed E-state index contributed by atoms with van der Waals surface area (Å²) in [6.45, 7) is 0. The van der Waals surface area contributed by atoms with Gasteiger partial charge in [-0.3, -0.25) is 0 Å². The first-order chi connectivity index (χ1) is 26.8. The van der Waals surface area contributed by atoms with Gasteiger partial charge in [0.05, 0.1) is 15.9 Å². The van der Waals surface area contributed by atoms with Crippen LogP contribution in [0.25, 0.3) is 81.1 Å². The number of anilines is 3. The van der Waals surface area contributed by atoms with Crippen molar-refractivity contribution in [2.75, 3.05) is 4.90 Å². The van der Waals surface area contributed by atoms with E-state index in [0.29, 0.717) is 0 Å². The van der Waals surface area contributed by atoms with Crippen molar-refractivity contribution in [2.45, 2.75) is 0 Å². The molecule has 3 nitrogen and oxygen atoms in total. The van der Waals surface area contributed by atoms with E-state index in [2.05, 4.69) is 204 Å². The van der Waals surface area contributed by atoms with Crippen molar-refractivity contribution in [3.8, 4) is 27.9 Å². The molecule has 3 aromatic heterocycles. The van der Waals surface area contributed by atoms with Crippen LogP contribution in [0.5, 0.6) is 0 Å². The minimum atomic E-state index is 0.889. The molecule has 11 aromatic rings. The molecule has 0 aliphatic heterocycles. The number of furan rings is 1. The van der Waals surface area contributed by atoms with Crippen LogP contribution in [0.1, 0.15) is 0 Å². The van der Waals surface area contributed by atoms with Crippen molar-refractivity contribution in [3.05, 3.63) is 194 Å². The molecule has 0 aliphatic carbocycles. The second-order valence-corrected chi connectivity index (χ2v) is 14.8. The molecule has 0 amide bonds. The highest BCUT2D eigenvalue weighted by atomic mass is 32.1. The van der Waals surface area contributed by atoms with E-state index in [-0.39, 0.29) is 0 Å². The molecule has 0 aliphatic rings. The van der Waals surface area contributed by atoms with Gasteiger partial charge in [-0.15, -0.1) is 11.3 Å². The van der Waals surface area contributed by atoms with E-state index in [9.17, 15) is 0 Å². The number of nitrogens with zero attached hydrogens (tertiary/aromatic N) is 2. The topological polar surface area (TPSA) is 21.3 Å². The zero-order valence-corrected chi connectivity index (χ0v) is 30.0. The van der Waals surface area contributed by atoms with E-state index in [0.717, 1.165) is 66.8 Å². The van der Waals surface area contributed by atoms with E-state index >= 15 is 0 Å². The largest absolute Gasteiger partial charge is 0.453 e. The average Bonchev–Trinajstić information content (AvgIpc) is 3.92. The molecule has 11 rings (SSSR count). The van der Waals surface area contributed by atoms with Crippen molar-refractivity contribution >= 4 is 81.5 Å². The molecule has 0 spiro atoms. The standard InChI is InChI=1S/C50H32N2OS/c1-3-14-33(15-4-1)34-28-30-37(31-29-34)51(45-26-13-23-41-40-20-8-10-27-46(40)54-50(41)45)38-19-11-16-35(32-38)39-22-12-24-43-47-49(53-48(39)43)42-21-7-9-25-44(42)52(47)36-17-5-2-6-18-36/h1-32H. The molecule has 0 saturated heterocycles. The van der Waals surface area contributed by atoms with Gasteiger partial charge in [-0.2, -0.15) is 0 Å². The second kappa shape index (κ2) is 12.4. The van der Waals surface area contributed by atoms with Crippen LogP contribution >= 0.6 is 11.3 Å². The smallest absolute Gasteiger partial charge is 0.161 e. The highest BCUT2D eigenvalue weighted by molar-refractivity contribution is 7.26. The van der Waals surface area contributed by atoms with Crippen LogP contribution in [0, 0.1) is 0 Å². The van der Waals surface area contributed by atoms with Crippen LogP contribution in [0.3, 0.4) is 0 Å². The van der Waals surface area contributed by atoms with Gasteiger partial charge in [0.15, 0.2) is 5.58 Å². The lowest BCUT2D eigenvalue weighted by Crippen LogP contribution is -2.10. The van der Waals surface area contributed by atoms with Crippen molar-refractivity contribution in [1.29, 1.82) is 0 Å². The Morgan fingerprint density at radius 3 is 1.94 bits per heavy atom. The Kier molecular flexibility index (Phi) is 7.04. The molecule has 3 heterocycles. The summed E-state index contributed by atoms with van der Waals surface area (Å²) in [6, 6.07) is 69.5. The Bertz CT molecular complexity index is 3150. The van der Waals surface area contributed by atoms with Gasteiger partial charge in [0.1, 0.15) is 11.1 Å². The molecule has 0 bridgehead atoms. The number of hydrogen-bond donors (Lipinski definition) is 0. The molecule has 8 aromatic carbocycles. The van der Waals surface area contributed by atoms with Crippen LogP contribution < -0.4 is 4.90 Å². The molecule has 54 heavy (non-hydrogen) atoms. The summed E-state index contributed by atoms with van der Waals surface area (Å²) in [5.41, 5.74) is 13.0. The molecule has 254 valence electrons. The van der Waals surface area contributed by atoms with Gasteiger partial charge in [0.25, 0.3) is 0 Å². The van der Waals surface area contributed by atoms with Crippen molar-refractivity contribution < 1.29 is 4.42 Å². The van der Waals surface area contributed by atoms with E-state index < -0.39 is 0 Å². The molecular formula is C50H32N2OS. The van der Waals surface area contributed by atoms with Crippen LogP contribution in [0.4, 0.5) is 17.1 Å². The quantitative estimate of drug-likeness (QED) is 0.171. The lowest BCUT2D eigenvalue weighted by Gasteiger charge is -2.27. The zero-order chi connectivity index (χ0) is 35.6. The molecule has 0 atom stereocenters. The highest BCUT2D eigenvalue weighted by Gasteiger charge is 2.23. The van der Waals surface area contributed by atoms with Gasteiger partial charge in [0.2, 0.25) is 0 Å². The molecule has 0 N–H and O–H groups in total. The van der Waals surface area contributed by atoms with Gasteiger partial charge in [0, 0.05) is 48.9 Å². The van der Waals surface area contributed by atoms with Gasteiger partial charge < -0.3 is 13.9 Å². The number of thiophene rings is 1. The molecule has 0 saturated carbocycles. The van der Waals surface area contributed by atoms with E-state index in [1.807, 2.05) is 11.3 Å². The summed E-state index contributed by atoms with van der Waals surface area (Å²) >= 11 is 1.85. The van der Waals surface area contributed by atoms with Gasteiger partial charge in [-0.25, -0.2) is 0 Å². The first-order valence-corrected chi connectivity index (χ1v) is 19.1. The fourth-order valence-electron chi connectivity index (χ4n) is 8.15. The predicted octanol–water partition coefficient (Wildman–Crippen LogP) is 14.7. The van der Waals surface area contributed by atoms with Gasteiger partial charge >= 0.3 is 0 Å². The Balaban J connectivity index is 1.11. The van der Waals surface area contributed by atoms with Crippen LogP contribution in [0.15, 0.2) is 199 Å². The Morgan fingerprint density at radius 1 is 0.444 bits per heavy atom. The predicted molar refractivity (Wildman–Crippen MR) is 229 cm³/mol. The van der Waals surface area contributed by atoms with E-state index in [1.165, 1.54) is 31.3 Å². The first kappa shape index (κ1) is 30.7. The third-order valence-corrected chi connectivity index (χ3v) is 11.8. The molecule has 4 heteroatoms. The second-order valence-electron chi connectivity index (χ2n) is 13.7. The summed E-state index contributed by atoms with van der Waals surface area (Å²) in [5, 5.41) is 4.76. The lowest BCUT2D eigenvalue weighted by atomic mass is 10.0. The number of aromatic nitrogens is 1. The van der Waals surface area contributed by atoms with Gasteiger partial charge in [-0.05, 0) is 83.4 Å².